The molecule has 0 saturated heterocycles. The van der Waals surface area contributed by atoms with Crippen LogP contribution in [0.2, 0.25) is 0 Å². The van der Waals surface area contributed by atoms with Crippen molar-refractivity contribution in [2.45, 2.75) is 19.1 Å². The Hall–Kier alpha value is -3.93. The first-order valence-electron chi connectivity index (χ1n) is 10.5. The summed E-state index contributed by atoms with van der Waals surface area (Å²) in [5.74, 6) is -4.05. The van der Waals surface area contributed by atoms with Crippen LogP contribution in [0.15, 0.2) is 41.2 Å². The van der Waals surface area contributed by atoms with E-state index < -0.39 is 40.6 Å². The summed E-state index contributed by atoms with van der Waals surface area (Å²) < 4.78 is 69.3. The van der Waals surface area contributed by atoms with E-state index in [2.05, 4.69) is 10.3 Å². The molecule has 0 aliphatic carbocycles. The number of benzene rings is 2. The number of hydrogen-bond donors (Lipinski definition) is 3. The molecule has 2 aliphatic heterocycles. The van der Waals surface area contributed by atoms with Crippen molar-refractivity contribution in [1.29, 1.82) is 0 Å². The predicted octanol–water partition coefficient (Wildman–Crippen LogP) is 3.78. The number of H-pyrrole nitrogens is 1. The van der Waals surface area contributed by atoms with E-state index in [1.54, 1.807) is 0 Å². The number of aromatic hydroxyl groups is 1. The number of aromatic nitrogens is 1. The van der Waals surface area contributed by atoms with E-state index in [1.807, 2.05) is 0 Å². The lowest BCUT2D eigenvalue weighted by Crippen LogP contribution is -2.46. The number of aromatic amines is 1. The molecular weight excluding hydrogens is 475 g/mol. The Labute approximate surface area is 194 Å². The van der Waals surface area contributed by atoms with Gasteiger partial charge in [0.2, 0.25) is 5.56 Å². The molecule has 2 bridgehead atoms. The monoisotopic (exact) mass is 492 g/mol. The molecule has 3 aromatic rings. The topological polar surface area (TPSA) is 88.7 Å². The average molecular weight is 492 g/mol. The van der Waals surface area contributed by atoms with Crippen LogP contribution in [0.1, 0.15) is 27.2 Å². The number of nitrogens with zero attached hydrogens (tertiary/aromatic N) is 2. The van der Waals surface area contributed by atoms with Gasteiger partial charge in [-0.3, -0.25) is 14.5 Å². The number of carbonyl (C=O) groups is 1. The summed E-state index contributed by atoms with van der Waals surface area (Å²) in [5, 5.41) is 13.4. The Morgan fingerprint density at radius 3 is 2.40 bits per heavy atom. The van der Waals surface area contributed by atoms with E-state index in [-0.39, 0.29) is 54.4 Å². The molecule has 3 N–H and O–H groups in total. The normalized spacial score (nSPS) is 15.7. The van der Waals surface area contributed by atoms with E-state index in [1.165, 1.54) is 28.0 Å². The summed E-state index contributed by atoms with van der Waals surface area (Å²) in [4.78, 5) is 30.5. The first-order valence-corrected chi connectivity index (χ1v) is 10.5. The zero-order valence-electron chi connectivity index (χ0n) is 17.8. The van der Waals surface area contributed by atoms with Crippen LogP contribution in [-0.2, 0) is 19.1 Å². The zero-order valence-corrected chi connectivity index (χ0v) is 17.8. The molecule has 0 fully saturated rings. The van der Waals surface area contributed by atoms with Gasteiger partial charge in [-0.25, -0.2) is 8.78 Å². The molecule has 3 heterocycles. The largest absolute Gasteiger partial charge is 0.505 e. The van der Waals surface area contributed by atoms with Crippen LogP contribution in [0.4, 0.5) is 39.0 Å². The van der Waals surface area contributed by atoms with Crippen molar-refractivity contribution in [3.8, 4) is 5.75 Å². The van der Waals surface area contributed by atoms with Crippen molar-refractivity contribution in [3.63, 3.8) is 0 Å². The van der Waals surface area contributed by atoms with Crippen molar-refractivity contribution in [2.75, 3.05) is 23.0 Å². The molecule has 0 atom stereocenters. The van der Waals surface area contributed by atoms with Crippen LogP contribution in [-0.4, -0.2) is 29.2 Å². The number of carbonyl (C=O) groups excluding carboxylic acids is 1. The van der Waals surface area contributed by atoms with Crippen LogP contribution >= 0.6 is 0 Å². The maximum atomic E-state index is 14.5. The molecule has 0 spiro atoms. The lowest BCUT2D eigenvalue weighted by atomic mass is 10.0. The van der Waals surface area contributed by atoms with Gasteiger partial charge in [-0.05, 0) is 30.3 Å². The fourth-order valence-electron chi connectivity index (χ4n) is 4.40. The van der Waals surface area contributed by atoms with Crippen molar-refractivity contribution >= 4 is 23.0 Å². The quantitative estimate of drug-likeness (QED) is 0.416. The molecule has 1 amide bonds. The summed E-state index contributed by atoms with van der Waals surface area (Å²) in [6.45, 7) is -0.158. The maximum Gasteiger partial charge on any atom is 0.419 e. The third-order valence-corrected chi connectivity index (χ3v) is 6.06. The highest BCUT2D eigenvalue weighted by Gasteiger charge is 2.40. The highest BCUT2D eigenvalue weighted by molar-refractivity contribution is 6.13. The average Bonchev–Trinajstić information content (AvgIpc) is 2.81. The van der Waals surface area contributed by atoms with Gasteiger partial charge in [0.25, 0.3) is 5.91 Å². The fraction of sp³-hybridized carbons (Fsp3) is 0.217. The van der Waals surface area contributed by atoms with Crippen molar-refractivity contribution in [3.05, 3.63) is 80.8 Å². The Morgan fingerprint density at radius 2 is 1.66 bits per heavy atom. The van der Waals surface area contributed by atoms with Gasteiger partial charge in [0.1, 0.15) is 12.5 Å². The van der Waals surface area contributed by atoms with E-state index in [0.29, 0.717) is 17.8 Å². The third-order valence-electron chi connectivity index (χ3n) is 6.06. The number of nitrogens with one attached hydrogen (secondary N) is 2. The molecule has 5 rings (SSSR count). The lowest BCUT2D eigenvalue weighted by molar-refractivity contribution is -0.139. The number of hydrogen-bond acceptors (Lipinski definition) is 5. The minimum Gasteiger partial charge on any atom is -0.505 e. The Kier molecular flexibility index (Phi) is 5.28. The second-order valence-electron chi connectivity index (χ2n) is 8.16. The summed E-state index contributed by atoms with van der Waals surface area (Å²) in [6, 6.07) is 5.87. The SMILES string of the molecule is O=C1c2cc(F)c(C(F)(F)F)cc2N2CN1c1ccc(=O)[nH]c1CCNCc1c2ccc(F)c1O. The molecule has 182 valence electrons. The van der Waals surface area contributed by atoms with E-state index >= 15 is 0 Å². The van der Waals surface area contributed by atoms with E-state index in [4.69, 9.17) is 0 Å². The molecule has 2 aromatic carbocycles. The van der Waals surface area contributed by atoms with Gasteiger partial charge in [0.05, 0.1) is 28.2 Å². The highest BCUT2D eigenvalue weighted by Crippen LogP contribution is 2.44. The molecular formula is C23H17F5N4O3. The van der Waals surface area contributed by atoms with Gasteiger partial charge < -0.3 is 20.3 Å². The first kappa shape index (κ1) is 22.8. The molecule has 2 aliphatic rings. The van der Waals surface area contributed by atoms with Crippen LogP contribution in [0.25, 0.3) is 0 Å². The smallest absolute Gasteiger partial charge is 0.419 e. The van der Waals surface area contributed by atoms with Gasteiger partial charge in [-0.2, -0.15) is 13.2 Å². The number of rotatable bonds is 0. The summed E-state index contributed by atoms with van der Waals surface area (Å²) in [7, 11) is 0. The number of anilines is 3. The Morgan fingerprint density at radius 1 is 0.914 bits per heavy atom. The number of phenols is 1. The first-order chi connectivity index (χ1) is 16.6. The highest BCUT2D eigenvalue weighted by atomic mass is 19.4. The van der Waals surface area contributed by atoms with Gasteiger partial charge in [-0.15, -0.1) is 0 Å². The Balaban J connectivity index is 1.81. The number of halogens is 5. The van der Waals surface area contributed by atoms with Gasteiger partial charge in [-0.1, -0.05) is 0 Å². The van der Waals surface area contributed by atoms with Crippen molar-refractivity contribution in [1.82, 2.24) is 10.3 Å². The van der Waals surface area contributed by atoms with Crippen LogP contribution in [0.5, 0.6) is 5.75 Å². The molecule has 0 saturated carbocycles. The summed E-state index contributed by atoms with van der Waals surface area (Å²) >= 11 is 0. The Bertz CT molecular complexity index is 1420. The second-order valence-corrected chi connectivity index (χ2v) is 8.16. The number of alkyl halides is 3. The number of phenolic OH excluding ortho intramolecular Hbond substituents is 1. The molecule has 1 aromatic heterocycles. The molecule has 35 heavy (non-hydrogen) atoms. The summed E-state index contributed by atoms with van der Waals surface area (Å²) in [6.07, 6.45) is -4.80. The van der Waals surface area contributed by atoms with Gasteiger partial charge in [0, 0.05) is 36.8 Å². The van der Waals surface area contributed by atoms with Crippen LogP contribution < -0.4 is 20.7 Å². The molecule has 7 nitrogen and oxygen atoms in total. The fourth-order valence-corrected chi connectivity index (χ4v) is 4.40. The molecule has 12 heteroatoms. The zero-order chi connectivity index (χ0) is 25.1. The maximum absolute atomic E-state index is 14.5. The van der Waals surface area contributed by atoms with Crippen LogP contribution in [0, 0.1) is 11.6 Å². The number of pyridine rings is 1. The van der Waals surface area contributed by atoms with E-state index in [0.717, 1.165) is 6.07 Å². The summed E-state index contributed by atoms with van der Waals surface area (Å²) in [5.41, 5.74) is -1.78. The predicted molar refractivity (Wildman–Crippen MR) is 116 cm³/mol. The number of amides is 1. The van der Waals surface area contributed by atoms with Crippen LogP contribution in [0.3, 0.4) is 0 Å². The molecule has 0 unspecified atom stereocenters. The lowest BCUT2D eigenvalue weighted by Gasteiger charge is -2.39. The third kappa shape index (κ3) is 3.79. The second kappa shape index (κ2) is 8.08. The van der Waals surface area contributed by atoms with Gasteiger partial charge >= 0.3 is 6.18 Å². The minimum absolute atomic E-state index is 0.0441. The van der Waals surface area contributed by atoms with E-state index in [9.17, 15) is 36.6 Å². The standard InChI is InChI=1S/C23H17F5N4O3/c24-14-1-2-17-12(21(14)34)9-29-6-5-16-18(3-4-20(33)30-16)32-10-31(17)19-8-13(23(26,27)28)15(25)7-11(19)22(32)35/h1-4,7-8,29,34H,5-6,9-10H2,(H,30,33). The number of fused-ring (bicyclic) bond motifs is 8. The van der Waals surface area contributed by atoms with Crippen molar-refractivity contribution in [2.24, 2.45) is 0 Å². The van der Waals surface area contributed by atoms with Gasteiger partial charge in [0.15, 0.2) is 11.6 Å². The minimum atomic E-state index is -5.03. The molecule has 0 radical (unpaired) electrons. The van der Waals surface area contributed by atoms with Crippen molar-refractivity contribution < 1.29 is 31.9 Å².